The molecule has 0 aliphatic rings. The van der Waals surface area contributed by atoms with E-state index in [-0.39, 0.29) is 24.4 Å². The van der Waals surface area contributed by atoms with Gasteiger partial charge in [-0.1, -0.05) is 24.3 Å². The van der Waals surface area contributed by atoms with E-state index in [0.717, 1.165) is 16.3 Å². The Morgan fingerprint density at radius 2 is 2.04 bits per heavy atom. The lowest BCUT2D eigenvalue weighted by Gasteiger charge is -2.12. The van der Waals surface area contributed by atoms with Crippen LogP contribution in [0, 0.1) is 5.82 Å². The van der Waals surface area contributed by atoms with Crippen molar-refractivity contribution in [2.75, 3.05) is 0 Å². The quantitative estimate of drug-likeness (QED) is 0.686. The number of nitrogens with zero attached hydrogens (tertiary/aromatic N) is 1. The number of halogens is 1. The van der Waals surface area contributed by atoms with Gasteiger partial charge >= 0.3 is 0 Å². The molecule has 0 radical (unpaired) electrons. The molecule has 1 aromatic heterocycles. The van der Waals surface area contributed by atoms with E-state index in [2.05, 4.69) is 10.3 Å². The number of amides is 1. The third-order valence-electron chi connectivity index (χ3n) is 3.56. The van der Waals surface area contributed by atoms with Crippen LogP contribution in [0.25, 0.3) is 10.6 Å². The van der Waals surface area contributed by atoms with E-state index in [4.69, 9.17) is 4.74 Å². The van der Waals surface area contributed by atoms with Gasteiger partial charge in [0.25, 0.3) is 5.91 Å². The van der Waals surface area contributed by atoms with E-state index in [9.17, 15) is 9.18 Å². The van der Waals surface area contributed by atoms with Crippen molar-refractivity contribution in [1.82, 2.24) is 10.3 Å². The number of carbonyl (C=O) groups is 1. The first-order valence-electron chi connectivity index (χ1n) is 8.27. The van der Waals surface area contributed by atoms with Gasteiger partial charge in [-0.15, -0.1) is 11.3 Å². The molecule has 4 nitrogen and oxygen atoms in total. The van der Waals surface area contributed by atoms with Crippen LogP contribution in [0.15, 0.2) is 53.9 Å². The van der Waals surface area contributed by atoms with E-state index in [1.165, 1.54) is 23.5 Å². The third kappa shape index (κ3) is 4.46. The topological polar surface area (TPSA) is 51.2 Å². The van der Waals surface area contributed by atoms with Crippen LogP contribution in [0.2, 0.25) is 0 Å². The fraction of sp³-hybridized carbons (Fsp3) is 0.200. The number of rotatable bonds is 6. The molecule has 1 heterocycles. The Kier molecular flexibility index (Phi) is 5.63. The van der Waals surface area contributed by atoms with Crippen LogP contribution in [0.1, 0.15) is 29.9 Å². The number of aromatic nitrogens is 1. The Hall–Kier alpha value is -2.73. The van der Waals surface area contributed by atoms with Crippen LogP contribution in [-0.4, -0.2) is 17.0 Å². The monoisotopic (exact) mass is 370 g/mol. The number of benzene rings is 2. The summed E-state index contributed by atoms with van der Waals surface area (Å²) in [7, 11) is 0. The average molecular weight is 370 g/mol. The molecule has 3 rings (SSSR count). The average Bonchev–Trinajstić information content (AvgIpc) is 3.10. The first-order chi connectivity index (χ1) is 12.5. The van der Waals surface area contributed by atoms with Crippen molar-refractivity contribution in [2.24, 2.45) is 0 Å². The fourth-order valence-electron chi connectivity index (χ4n) is 2.42. The van der Waals surface area contributed by atoms with Crippen molar-refractivity contribution in [3.8, 4) is 16.3 Å². The molecular weight excluding hydrogens is 351 g/mol. The van der Waals surface area contributed by atoms with Crippen LogP contribution in [0.3, 0.4) is 0 Å². The van der Waals surface area contributed by atoms with Gasteiger partial charge in [-0.3, -0.25) is 4.79 Å². The van der Waals surface area contributed by atoms with Crippen LogP contribution in [-0.2, 0) is 6.54 Å². The second-order valence-corrected chi connectivity index (χ2v) is 6.87. The maximum Gasteiger partial charge on any atom is 0.271 e. The lowest BCUT2D eigenvalue weighted by atomic mass is 10.2. The second-order valence-electron chi connectivity index (χ2n) is 6.01. The molecule has 3 aromatic rings. The molecule has 1 amide bonds. The minimum atomic E-state index is -0.325. The molecule has 0 unspecified atom stereocenters. The summed E-state index contributed by atoms with van der Waals surface area (Å²) in [4.78, 5) is 16.7. The number of thiazole rings is 1. The first kappa shape index (κ1) is 18.1. The summed E-state index contributed by atoms with van der Waals surface area (Å²) in [6, 6.07) is 13.8. The molecule has 6 heteroatoms. The molecule has 0 aliphatic carbocycles. The summed E-state index contributed by atoms with van der Waals surface area (Å²) < 4.78 is 19.0. The second kappa shape index (κ2) is 8.10. The number of para-hydroxylation sites is 1. The highest BCUT2D eigenvalue weighted by molar-refractivity contribution is 7.13. The van der Waals surface area contributed by atoms with Crippen LogP contribution in [0.5, 0.6) is 5.75 Å². The predicted octanol–water partition coefficient (Wildman–Crippen LogP) is 4.67. The lowest BCUT2D eigenvalue weighted by molar-refractivity contribution is 0.0946. The number of hydrogen-bond acceptors (Lipinski definition) is 4. The van der Waals surface area contributed by atoms with Crippen molar-refractivity contribution < 1.29 is 13.9 Å². The Morgan fingerprint density at radius 1 is 1.23 bits per heavy atom. The smallest absolute Gasteiger partial charge is 0.271 e. The molecule has 0 spiro atoms. The number of hydrogen-bond donors (Lipinski definition) is 1. The summed E-state index contributed by atoms with van der Waals surface area (Å²) in [5, 5.41) is 5.19. The van der Waals surface area contributed by atoms with Crippen LogP contribution in [0.4, 0.5) is 4.39 Å². The normalized spacial score (nSPS) is 10.8. The van der Waals surface area contributed by atoms with Crippen molar-refractivity contribution in [2.45, 2.75) is 26.5 Å². The van der Waals surface area contributed by atoms with Gasteiger partial charge in [-0.05, 0) is 43.7 Å². The zero-order chi connectivity index (χ0) is 18.5. The predicted molar refractivity (Wildman–Crippen MR) is 101 cm³/mol. The summed E-state index contributed by atoms with van der Waals surface area (Å²) in [5.74, 6) is 0.122. The van der Waals surface area contributed by atoms with Gasteiger partial charge in [0.15, 0.2) is 0 Å². The largest absolute Gasteiger partial charge is 0.490 e. The van der Waals surface area contributed by atoms with Crippen LogP contribution < -0.4 is 10.1 Å². The molecule has 0 aliphatic heterocycles. The maximum absolute atomic E-state index is 13.2. The zero-order valence-corrected chi connectivity index (χ0v) is 15.3. The maximum atomic E-state index is 13.2. The van der Waals surface area contributed by atoms with Gasteiger partial charge in [0.05, 0.1) is 11.7 Å². The Balaban J connectivity index is 1.72. The van der Waals surface area contributed by atoms with Gasteiger partial charge in [0, 0.05) is 11.9 Å². The van der Waals surface area contributed by atoms with Crippen molar-refractivity contribution >= 4 is 17.2 Å². The summed E-state index contributed by atoms with van der Waals surface area (Å²) in [6.45, 7) is 4.17. The summed E-state index contributed by atoms with van der Waals surface area (Å²) in [5.41, 5.74) is 1.89. The van der Waals surface area contributed by atoms with Crippen LogP contribution >= 0.6 is 11.3 Å². The molecule has 0 fully saturated rings. The highest BCUT2D eigenvalue weighted by Crippen LogP contribution is 2.32. The summed E-state index contributed by atoms with van der Waals surface area (Å²) >= 11 is 1.38. The van der Waals surface area contributed by atoms with Crippen molar-refractivity contribution in [1.29, 1.82) is 0 Å². The zero-order valence-electron chi connectivity index (χ0n) is 14.5. The van der Waals surface area contributed by atoms with E-state index in [0.29, 0.717) is 11.3 Å². The Labute approximate surface area is 155 Å². The standard InChI is InChI=1S/C20H19FN2O2S/c1-13(2)25-18-9-4-3-8-16(18)20-23-17(12-26-20)19(24)22-11-14-6-5-7-15(21)10-14/h3-10,12-13H,11H2,1-2H3,(H,22,24). The van der Waals surface area contributed by atoms with Gasteiger partial charge < -0.3 is 10.1 Å². The van der Waals surface area contributed by atoms with E-state index in [1.807, 2.05) is 38.1 Å². The molecule has 2 aromatic carbocycles. The number of carbonyl (C=O) groups excluding carboxylic acids is 1. The molecule has 0 atom stereocenters. The van der Waals surface area contributed by atoms with Crippen molar-refractivity contribution in [3.05, 3.63) is 71.0 Å². The van der Waals surface area contributed by atoms with Gasteiger partial charge in [0.1, 0.15) is 22.3 Å². The SMILES string of the molecule is CC(C)Oc1ccccc1-c1nc(C(=O)NCc2cccc(F)c2)cs1. The molecule has 0 saturated heterocycles. The molecule has 134 valence electrons. The molecule has 26 heavy (non-hydrogen) atoms. The molecule has 0 bridgehead atoms. The van der Waals surface area contributed by atoms with E-state index >= 15 is 0 Å². The highest BCUT2D eigenvalue weighted by Gasteiger charge is 2.15. The van der Waals surface area contributed by atoms with Gasteiger partial charge in [-0.2, -0.15) is 0 Å². The minimum Gasteiger partial charge on any atom is -0.490 e. The van der Waals surface area contributed by atoms with E-state index < -0.39 is 0 Å². The molecule has 0 saturated carbocycles. The highest BCUT2D eigenvalue weighted by atomic mass is 32.1. The Morgan fingerprint density at radius 3 is 2.81 bits per heavy atom. The van der Waals surface area contributed by atoms with Crippen molar-refractivity contribution in [3.63, 3.8) is 0 Å². The first-order valence-corrected chi connectivity index (χ1v) is 9.15. The molecular formula is C20H19FN2O2S. The third-order valence-corrected chi connectivity index (χ3v) is 4.43. The minimum absolute atomic E-state index is 0.0464. The van der Waals surface area contributed by atoms with Gasteiger partial charge in [0.2, 0.25) is 0 Å². The molecule has 1 N–H and O–H groups in total. The Bertz CT molecular complexity index is 908. The summed E-state index contributed by atoms with van der Waals surface area (Å²) in [6.07, 6.45) is 0.0464. The van der Waals surface area contributed by atoms with Gasteiger partial charge in [-0.25, -0.2) is 9.37 Å². The number of ether oxygens (including phenoxy) is 1. The lowest BCUT2D eigenvalue weighted by Crippen LogP contribution is -2.23. The van der Waals surface area contributed by atoms with E-state index in [1.54, 1.807) is 17.5 Å². The number of nitrogens with one attached hydrogen (secondary N) is 1. The fourth-order valence-corrected chi connectivity index (χ4v) is 3.25.